The van der Waals surface area contributed by atoms with Crippen LogP contribution in [0.5, 0.6) is 0 Å². The third-order valence-corrected chi connectivity index (χ3v) is 1.98. The Kier molecular flexibility index (Phi) is 2.28. The number of aryl methyl sites for hydroxylation is 1. The van der Waals surface area contributed by atoms with E-state index in [9.17, 15) is 0 Å². The zero-order valence-electron chi connectivity index (χ0n) is 7.84. The van der Waals surface area contributed by atoms with Crippen LogP contribution in [0.2, 0.25) is 0 Å². The molecule has 0 aliphatic heterocycles. The van der Waals surface area contributed by atoms with Gasteiger partial charge in [0.25, 0.3) is 0 Å². The Labute approximate surface area is 81.7 Å². The molecule has 14 heavy (non-hydrogen) atoms. The number of aromatic nitrogens is 2. The Morgan fingerprint density at radius 1 is 1.29 bits per heavy atom. The van der Waals surface area contributed by atoms with Gasteiger partial charge in [0.05, 0.1) is 6.04 Å². The lowest BCUT2D eigenvalue weighted by atomic mass is 10.1. The van der Waals surface area contributed by atoms with Crippen molar-refractivity contribution in [3.8, 4) is 0 Å². The molecule has 72 valence electrons. The van der Waals surface area contributed by atoms with Crippen LogP contribution in [0, 0.1) is 6.92 Å². The maximum atomic E-state index is 5.94. The molecular weight excluding hydrogens is 178 g/mol. The second kappa shape index (κ2) is 3.59. The fraction of sp³-hybridized carbons (Fsp3) is 0.200. The Morgan fingerprint density at radius 3 is 2.57 bits per heavy atom. The predicted molar refractivity (Wildman–Crippen MR) is 51.5 cm³/mol. The Hall–Kier alpha value is -1.68. The zero-order chi connectivity index (χ0) is 9.97. The van der Waals surface area contributed by atoms with E-state index in [0.29, 0.717) is 11.7 Å². The van der Waals surface area contributed by atoms with Crippen molar-refractivity contribution in [3.05, 3.63) is 47.6 Å². The molecule has 2 N–H and O–H groups in total. The average molecular weight is 189 g/mol. The van der Waals surface area contributed by atoms with Gasteiger partial charge >= 0.3 is 0 Å². The number of nitrogens with zero attached hydrogens (tertiary/aromatic N) is 2. The van der Waals surface area contributed by atoms with E-state index in [2.05, 4.69) is 10.1 Å². The summed E-state index contributed by atoms with van der Waals surface area (Å²) in [6, 6.07) is 9.38. The summed E-state index contributed by atoms with van der Waals surface area (Å²) in [7, 11) is 0. The fourth-order valence-electron chi connectivity index (χ4n) is 1.25. The molecule has 0 fully saturated rings. The van der Waals surface area contributed by atoms with Crippen LogP contribution < -0.4 is 5.73 Å². The summed E-state index contributed by atoms with van der Waals surface area (Å²) in [5.74, 6) is 1.06. The van der Waals surface area contributed by atoms with Gasteiger partial charge in [0.15, 0.2) is 5.82 Å². The molecule has 0 spiro atoms. The number of benzene rings is 1. The van der Waals surface area contributed by atoms with Gasteiger partial charge in [-0.1, -0.05) is 35.5 Å². The maximum absolute atomic E-state index is 5.94. The SMILES string of the molecule is Cc1nc([C@@H](N)c2ccccc2)no1. The van der Waals surface area contributed by atoms with Gasteiger partial charge in [0.2, 0.25) is 5.89 Å². The van der Waals surface area contributed by atoms with Gasteiger partial charge in [-0.2, -0.15) is 4.98 Å². The Bertz CT molecular complexity index is 410. The molecule has 1 aromatic carbocycles. The molecule has 1 heterocycles. The van der Waals surface area contributed by atoms with Crippen LogP contribution in [0.15, 0.2) is 34.9 Å². The first kappa shape index (κ1) is 8.90. The highest BCUT2D eigenvalue weighted by atomic mass is 16.5. The highest BCUT2D eigenvalue weighted by Crippen LogP contribution is 2.15. The van der Waals surface area contributed by atoms with Crippen molar-refractivity contribution >= 4 is 0 Å². The van der Waals surface area contributed by atoms with Gasteiger partial charge in [-0.25, -0.2) is 0 Å². The van der Waals surface area contributed by atoms with E-state index in [1.165, 1.54) is 0 Å². The lowest BCUT2D eigenvalue weighted by molar-refractivity contribution is 0.385. The third kappa shape index (κ3) is 1.65. The van der Waals surface area contributed by atoms with Crippen LogP contribution in [0.4, 0.5) is 0 Å². The van der Waals surface area contributed by atoms with Crippen molar-refractivity contribution in [1.82, 2.24) is 10.1 Å². The van der Waals surface area contributed by atoms with Gasteiger partial charge < -0.3 is 10.3 Å². The van der Waals surface area contributed by atoms with E-state index in [1.807, 2.05) is 30.3 Å². The van der Waals surface area contributed by atoms with Crippen LogP contribution in [-0.2, 0) is 0 Å². The smallest absolute Gasteiger partial charge is 0.223 e. The molecule has 0 amide bonds. The molecule has 1 atom stereocenters. The fourth-order valence-corrected chi connectivity index (χ4v) is 1.25. The number of rotatable bonds is 2. The van der Waals surface area contributed by atoms with Crippen molar-refractivity contribution in [2.75, 3.05) is 0 Å². The average Bonchev–Trinajstić information content (AvgIpc) is 2.65. The Morgan fingerprint density at radius 2 is 2.00 bits per heavy atom. The van der Waals surface area contributed by atoms with Crippen molar-refractivity contribution < 1.29 is 4.52 Å². The summed E-state index contributed by atoms with van der Waals surface area (Å²) in [6.45, 7) is 1.74. The third-order valence-electron chi connectivity index (χ3n) is 1.98. The van der Waals surface area contributed by atoms with E-state index >= 15 is 0 Å². The summed E-state index contributed by atoms with van der Waals surface area (Å²) < 4.78 is 4.87. The first-order chi connectivity index (χ1) is 6.77. The molecule has 4 nitrogen and oxygen atoms in total. The molecule has 0 radical (unpaired) electrons. The number of hydrogen-bond donors (Lipinski definition) is 1. The van der Waals surface area contributed by atoms with Gasteiger partial charge in [0, 0.05) is 6.92 Å². The van der Waals surface area contributed by atoms with Gasteiger partial charge in [-0.05, 0) is 5.56 Å². The molecule has 0 unspecified atom stereocenters. The highest BCUT2D eigenvalue weighted by Gasteiger charge is 2.13. The van der Waals surface area contributed by atoms with E-state index in [1.54, 1.807) is 6.92 Å². The van der Waals surface area contributed by atoms with E-state index in [4.69, 9.17) is 10.3 Å². The zero-order valence-corrected chi connectivity index (χ0v) is 7.84. The highest BCUT2D eigenvalue weighted by molar-refractivity contribution is 5.23. The lowest BCUT2D eigenvalue weighted by Gasteiger charge is -2.05. The first-order valence-electron chi connectivity index (χ1n) is 4.38. The molecule has 0 saturated heterocycles. The standard InChI is InChI=1S/C10H11N3O/c1-7-12-10(13-14-7)9(11)8-5-3-2-4-6-8/h2-6,9H,11H2,1H3/t9-/m0/s1. The molecule has 0 aliphatic rings. The van der Waals surface area contributed by atoms with Crippen LogP contribution in [0.25, 0.3) is 0 Å². The van der Waals surface area contributed by atoms with E-state index < -0.39 is 0 Å². The number of nitrogens with two attached hydrogens (primary N) is 1. The normalized spacial score (nSPS) is 12.7. The monoisotopic (exact) mass is 189 g/mol. The minimum atomic E-state index is -0.311. The van der Waals surface area contributed by atoms with Gasteiger partial charge in [-0.15, -0.1) is 0 Å². The van der Waals surface area contributed by atoms with Crippen LogP contribution >= 0.6 is 0 Å². The maximum Gasteiger partial charge on any atom is 0.223 e. The molecular formula is C10H11N3O. The second-order valence-electron chi connectivity index (χ2n) is 3.06. The summed E-state index contributed by atoms with van der Waals surface area (Å²) in [6.07, 6.45) is 0. The summed E-state index contributed by atoms with van der Waals surface area (Å²) >= 11 is 0. The number of hydrogen-bond acceptors (Lipinski definition) is 4. The molecule has 0 bridgehead atoms. The molecule has 2 aromatic rings. The largest absolute Gasteiger partial charge is 0.340 e. The van der Waals surface area contributed by atoms with Crippen molar-refractivity contribution in [2.45, 2.75) is 13.0 Å². The summed E-state index contributed by atoms with van der Waals surface area (Å²) in [5, 5.41) is 3.78. The molecule has 2 rings (SSSR count). The van der Waals surface area contributed by atoms with Crippen molar-refractivity contribution in [2.24, 2.45) is 5.73 Å². The van der Waals surface area contributed by atoms with Crippen LogP contribution in [0.3, 0.4) is 0 Å². The van der Waals surface area contributed by atoms with Crippen molar-refractivity contribution in [3.63, 3.8) is 0 Å². The van der Waals surface area contributed by atoms with Gasteiger partial charge in [0.1, 0.15) is 0 Å². The minimum Gasteiger partial charge on any atom is -0.340 e. The second-order valence-corrected chi connectivity index (χ2v) is 3.06. The topological polar surface area (TPSA) is 64.9 Å². The van der Waals surface area contributed by atoms with Crippen LogP contribution in [-0.4, -0.2) is 10.1 Å². The molecule has 0 saturated carbocycles. The van der Waals surface area contributed by atoms with Crippen molar-refractivity contribution in [1.29, 1.82) is 0 Å². The summed E-state index contributed by atoms with van der Waals surface area (Å²) in [4.78, 5) is 4.08. The molecule has 1 aromatic heterocycles. The Balaban J connectivity index is 2.29. The predicted octanol–water partition coefficient (Wildman–Crippen LogP) is 1.43. The van der Waals surface area contributed by atoms with Gasteiger partial charge in [-0.3, -0.25) is 0 Å². The first-order valence-corrected chi connectivity index (χ1v) is 4.38. The summed E-state index contributed by atoms with van der Waals surface area (Å²) in [5.41, 5.74) is 6.92. The quantitative estimate of drug-likeness (QED) is 0.776. The minimum absolute atomic E-state index is 0.311. The lowest BCUT2D eigenvalue weighted by Crippen LogP contribution is -2.13. The molecule has 4 heteroatoms. The molecule has 0 aliphatic carbocycles. The van der Waals surface area contributed by atoms with Crippen LogP contribution in [0.1, 0.15) is 23.3 Å². The van der Waals surface area contributed by atoms with E-state index in [0.717, 1.165) is 5.56 Å². The van der Waals surface area contributed by atoms with E-state index in [-0.39, 0.29) is 6.04 Å².